The molecule has 1 atom stereocenters. The van der Waals surface area contributed by atoms with E-state index < -0.39 is 15.8 Å². The summed E-state index contributed by atoms with van der Waals surface area (Å²) in [5.41, 5.74) is 6.08. The summed E-state index contributed by atoms with van der Waals surface area (Å²) in [7, 11) is -3.62. The number of nitrogens with two attached hydrogens (primary N) is 1. The fourth-order valence-electron chi connectivity index (χ4n) is 2.75. The van der Waals surface area contributed by atoms with Gasteiger partial charge in [0, 0.05) is 12.6 Å². The number of hydrogen-bond acceptors (Lipinski definition) is 3. The van der Waals surface area contributed by atoms with E-state index in [1.807, 2.05) is 0 Å². The number of benzene rings is 1. The lowest BCUT2D eigenvalue weighted by Gasteiger charge is -2.24. The summed E-state index contributed by atoms with van der Waals surface area (Å²) in [6.45, 7) is 2.76. The first-order valence-electron chi connectivity index (χ1n) is 6.95. The van der Waals surface area contributed by atoms with Crippen LogP contribution in [-0.2, 0) is 10.0 Å². The predicted octanol–water partition coefficient (Wildman–Crippen LogP) is 2.03. The van der Waals surface area contributed by atoms with E-state index in [0.29, 0.717) is 18.7 Å². The van der Waals surface area contributed by atoms with E-state index in [1.54, 1.807) is 6.92 Å². The molecule has 0 radical (unpaired) electrons. The second kappa shape index (κ2) is 6.20. The molecule has 1 unspecified atom stereocenters. The summed E-state index contributed by atoms with van der Waals surface area (Å²) in [6.07, 6.45) is 3.28. The highest BCUT2D eigenvalue weighted by Gasteiger charge is 2.35. The van der Waals surface area contributed by atoms with Crippen molar-refractivity contribution in [1.29, 1.82) is 0 Å². The molecule has 0 saturated carbocycles. The Hall–Kier alpha value is -0.980. The standard InChI is InChI=1S/C14H21FN2O2S/c1-11-6-7-12(15)10-14(11)20(18,19)17-9-3-5-13(17)4-2-8-16/h6-7,10,13H,2-5,8-9,16H2,1H3. The number of nitrogens with zero attached hydrogens (tertiary/aromatic N) is 1. The highest BCUT2D eigenvalue weighted by Crippen LogP contribution is 2.30. The molecule has 1 heterocycles. The van der Waals surface area contributed by atoms with Gasteiger partial charge in [0.2, 0.25) is 10.0 Å². The summed E-state index contributed by atoms with van der Waals surface area (Å²) in [4.78, 5) is 0.0807. The molecule has 20 heavy (non-hydrogen) atoms. The van der Waals surface area contributed by atoms with Crippen LogP contribution in [0.2, 0.25) is 0 Å². The van der Waals surface area contributed by atoms with Crippen LogP contribution >= 0.6 is 0 Å². The van der Waals surface area contributed by atoms with Crippen molar-refractivity contribution in [3.63, 3.8) is 0 Å². The van der Waals surface area contributed by atoms with Gasteiger partial charge >= 0.3 is 0 Å². The average Bonchev–Trinajstić information content (AvgIpc) is 2.88. The molecule has 0 amide bonds. The summed E-state index contributed by atoms with van der Waals surface area (Å²) >= 11 is 0. The Labute approximate surface area is 119 Å². The van der Waals surface area contributed by atoms with Crippen LogP contribution in [0, 0.1) is 12.7 Å². The first-order valence-corrected chi connectivity index (χ1v) is 8.39. The van der Waals surface area contributed by atoms with Crippen LogP contribution in [0.25, 0.3) is 0 Å². The van der Waals surface area contributed by atoms with Crippen molar-refractivity contribution in [2.75, 3.05) is 13.1 Å². The normalized spacial score (nSPS) is 20.4. The second-order valence-electron chi connectivity index (χ2n) is 5.25. The molecule has 112 valence electrons. The molecule has 0 bridgehead atoms. The van der Waals surface area contributed by atoms with Crippen LogP contribution in [0.4, 0.5) is 4.39 Å². The lowest BCUT2D eigenvalue weighted by Crippen LogP contribution is -2.36. The smallest absolute Gasteiger partial charge is 0.243 e. The molecule has 1 aliphatic rings. The highest BCUT2D eigenvalue weighted by molar-refractivity contribution is 7.89. The molecule has 0 spiro atoms. The van der Waals surface area contributed by atoms with Gasteiger partial charge in [0.15, 0.2) is 0 Å². The van der Waals surface area contributed by atoms with Crippen molar-refractivity contribution in [3.05, 3.63) is 29.6 Å². The fourth-order valence-corrected chi connectivity index (χ4v) is 4.71. The summed E-state index contributed by atoms with van der Waals surface area (Å²) in [5, 5.41) is 0. The first kappa shape index (κ1) is 15.4. The van der Waals surface area contributed by atoms with E-state index in [4.69, 9.17) is 5.73 Å². The minimum absolute atomic E-state index is 0.00813. The number of sulfonamides is 1. The summed E-state index contributed by atoms with van der Waals surface area (Å²) in [6, 6.07) is 3.90. The fraction of sp³-hybridized carbons (Fsp3) is 0.571. The SMILES string of the molecule is Cc1ccc(F)cc1S(=O)(=O)N1CCCC1CCCN. The minimum Gasteiger partial charge on any atom is -0.330 e. The van der Waals surface area contributed by atoms with Crippen molar-refractivity contribution in [2.24, 2.45) is 5.73 Å². The zero-order valence-corrected chi connectivity index (χ0v) is 12.5. The molecule has 0 aliphatic carbocycles. The third-order valence-corrected chi connectivity index (χ3v) is 5.90. The largest absolute Gasteiger partial charge is 0.330 e. The van der Waals surface area contributed by atoms with Gasteiger partial charge in [0.25, 0.3) is 0 Å². The van der Waals surface area contributed by atoms with E-state index in [-0.39, 0.29) is 10.9 Å². The van der Waals surface area contributed by atoms with Crippen LogP contribution < -0.4 is 5.73 Å². The van der Waals surface area contributed by atoms with E-state index >= 15 is 0 Å². The second-order valence-corrected chi connectivity index (χ2v) is 7.11. The molecule has 1 fully saturated rings. The molecule has 1 saturated heterocycles. The molecule has 2 N–H and O–H groups in total. The average molecular weight is 300 g/mol. The lowest BCUT2D eigenvalue weighted by atomic mass is 10.1. The van der Waals surface area contributed by atoms with E-state index in [1.165, 1.54) is 16.4 Å². The maximum Gasteiger partial charge on any atom is 0.243 e. The third-order valence-electron chi connectivity index (χ3n) is 3.80. The van der Waals surface area contributed by atoms with Gasteiger partial charge in [-0.15, -0.1) is 0 Å². The molecular formula is C14H21FN2O2S. The van der Waals surface area contributed by atoms with Gasteiger partial charge in [0.05, 0.1) is 4.90 Å². The molecule has 2 rings (SSSR count). The Bertz CT molecular complexity index is 575. The number of hydrogen-bond donors (Lipinski definition) is 1. The molecule has 1 aliphatic heterocycles. The molecule has 6 heteroatoms. The Morgan fingerprint density at radius 3 is 2.90 bits per heavy atom. The Morgan fingerprint density at radius 2 is 2.20 bits per heavy atom. The number of halogens is 1. The van der Waals surface area contributed by atoms with Crippen molar-refractivity contribution in [2.45, 2.75) is 43.5 Å². The van der Waals surface area contributed by atoms with Crippen LogP contribution in [0.5, 0.6) is 0 Å². The van der Waals surface area contributed by atoms with Gasteiger partial charge in [-0.05, 0) is 56.8 Å². The minimum atomic E-state index is -3.62. The van der Waals surface area contributed by atoms with Gasteiger partial charge < -0.3 is 5.73 Å². The lowest BCUT2D eigenvalue weighted by molar-refractivity contribution is 0.365. The Morgan fingerprint density at radius 1 is 1.45 bits per heavy atom. The molecule has 4 nitrogen and oxygen atoms in total. The maximum atomic E-state index is 13.4. The Balaban J connectivity index is 2.31. The zero-order chi connectivity index (χ0) is 14.8. The van der Waals surface area contributed by atoms with Crippen molar-refractivity contribution in [1.82, 2.24) is 4.31 Å². The van der Waals surface area contributed by atoms with Crippen molar-refractivity contribution < 1.29 is 12.8 Å². The van der Waals surface area contributed by atoms with Gasteiger partial charge in [-0.2, -0.15) is 4.31 Å². The highest BCUT2D eigenvalue weighted by atomic mass is 32.2. The molecule has 1 aromatic carbocycles. The first-order chi connectivity index (χ1) is 9.46. The van der Waals surface area contributed by atoms with Gasteiger partial charge in [-0.25, -0.2) is 12.8 Å². The van der Waals surface area contributed by atoms with Gasteiger partial charge in [-0.1, -0.05) is 6.07 Å². The monoisotopic (exact) mass is 300 g/mol. The number of aryl methyl sites for hydroxylation is 1. The van der Waals surface area contributed by atoms with E-state index in [9.17, 15) is 12.8 Å². The van der Waals surface area contributed by atoms with Gasteiger partial charge in [-0.3, -0.25) is 0 Å². The van der Waals surface area contributed by atoms with Crippen molar-refractivity contribution >= 4 is 10.0 Å². The Kier molecular flexibility index (Phi) is 4.78. The van der Waals surface area contributed by atoms with E-state index in [0.717, 1.165) is 31.7 Å². The predicted molar refractivity (Wildman–Crippen MR) is 76.3 cm³/mol. The third kappa shape index (κ3) is 3.02. The van der Waals surface area contributed by atoms with Gasteiger partial charge in [0.1, 0.15) is 5.82 Å². The summed E-state index contributed by atoms with van der Waals surface area (Å²) < 4.78 is 40.3. The maximum absolute atomic E-state index is 13.4. The van der Waals surface area contributed by atoms with Crippen LogP contribution in [0.3, 0.4) is 0 Å². The quantitative estimate of drug-likeness (QED) is 0.905. The van der Waals surface area contributed by atoms with E-state index in [2.05, 4.69) is 0 Å². The van der Waals surface area contributed by atoms with Crippen LogP contribution in [0.1, 0.15) is 31.2 Å². The molecular weight excluding hydrogens is 279 g/mol. The molecule has 1 aromatic rings. The zero-order valence-electron chi connectivity index (χ0n) is 11.7. The molecule has 0 aromatic heterocycles. The topological polar surface area (TPSA) is 63.4 Å². The van der Waals surface area contributed by atoms with Crippen LogP contribution in [-0.4, -0.2) is 31.9 Å². The van der Waals surface area contributed by atoms with Crippen molar-refractivity contribution in [3.8, 4) is 0 Å². The summed E-state index contributed by atoms with van der Waals surface area (Å²) in [5.74, 6) is -0.521. The van der Waals surface area contributed by atoms with Crippen LogP contribution in [0.15, 0.2) is 23.1 Å². The number of rotatable bonds is 5.